The molecule has 0 saturated heterocycles. The smallest absolute Gasteiger partial charge is 0.249 e. The SMILES string of the molecule is Cc1ccc([C@@H](C)NS(=O)(=O)c2ccc(C)c(C(N)=O)c2)o1. The average molecular weight is 322 g/mol. The van der Waals surface area contributed by atoms with Gasteiger partial charge in [0.25, 0.3) is 0 Å². The van der Waals surface area contributed by atoms with E-state index >= 15 is 0 Å². The van der Waals surface area contributed by atoms with Gasteiger partial charge in [-0.1, -0.05) is 6.07 Å². The minimum atomic E-state index is -3.79. The van der Waals surface area contributed by atoms with Crippen LogP contribution in [0.1, 0.15) is 40.4 Å². The van der Waals surface area contributed by atoms with Crippen LogP contribution in [0.25, 0.3) is 0 Å². The fraction of sp³-hybridized carbons (Fsp3) is 0.267. The molecule has 118 valence electrons. The summed E-state index contributed by atoms with van der Waals surface area (Å²) in [4.78, 5) is 11.3. The molecule has 2 rings (SSSR count). The normalized spacial score (nSPS) is 13.0. The summed E-state index contributed by atoms with van der Waals surface area (Å²) < 4.78 is 32.7. The van der Waals surface area contributed by atoms with Crippen LogP contribution in [0.5, 0.6) is 0 Å². The highest BCUT2D eigenvalue weighted by Gasteiger charge is 2.21. The number of primary amides is 1. The van der Waals surface area contributed by atoms with Crippen molar-refractivity contribution in [2.45, 2.75) is 31.7 Å². The molecule has 0 radical (unpaired) electrons. The Hall–Kier alpha value is -2.12. The second kappa shape index (κ2) is 5.94. The highest BCUT2D eigenvalue weighted by atomic mass is 32.2. The van der Waals surface area contributed by atoms with Crippen molar-refractivity contribution in [3.8, 4) is 0 Å². The number of rotatable bonds is 5. The summed E-state index contributed by atoms with van der Waals surface area (Å²) in [5, 5.41) is 0. The zero-order chi connectivity index (χ0) is 16.5. The topological polar surface area (TPSA) is 102 Å². The third kappa shape index (κ3) is 3.37. The lowest BCUT2D eigenvalue weighted by atomic mass is 10.1. The lowest BCUT2D eigenvalue weighted by Gasteiger charge is -2.13. The Morgan fingerprint density at radius 1 is 1.23 bits per heavy atom. The van der Waals surface area contributed by atoms with Gasteiger partial charge in [-0.3, -0.25) is 4.79 Å². The van der Waals surface area contributed by atoms with E-state index in [1.165, 1.54) is 12.1 Å². The number of amides is 1. The Morgan fingerprint density at radius 2 is 1.91 bits per heavy atom. The molecule has 1 aromatic heterocycles. The number of hydrogen-bond acceptors (Lipinski definition) is 4. The van der Waals surface area contributed by atoms with Gasteiger partial charge in [0.15, 0.2) is 0 Å². The van der Waals surface area contributed by atoms with E-state index in [1.807, 2.05) is 0 Å². The zero-order valence-electron chi connectivity index (χ0n) is 12.6. The number of nitrogens with one attached hydrogen (secondary N) is 1. The summed E-state index contributed by atoms with van der Waals surface area (Å²) in [6, 6.07) is 7.21. The summed E-state index contributed by atoms with van der Waals surface area (Å²) in [6.07, 6.45) is 0. The van der Waals surface area contributed by atoms with E-state index in [0.717, 1.165) is 0 Å². The molecule has 0 spiro atoms. The van der Waals surface area contributed by atoms with Crippen LogP contribution < -0.4 is 10.5 Å². The average Bonchev–Trinajstić information content (AvgIpc) is 2.85. The van der Waals surface area contributed by atoms with E-state index in [4.69, 9.17) is 10.2 Å². The molecule has 1 aromatic carbocycles. The molecule has 0 aliphatic carbocycles. The minimum Gasteiger partial charge on any atom is -0.465 e. The van der Waals surface area contributed by atoms with E-state index in [0.29, 0.717) is 17.1 Å². The van der Waals surface area contributed by atoms with Crippen molar-refractivity contribution in [2.75, 3.05) is 0 Å². The molecule has 2 aromatic rings. The summed E-state index contributed by atoms with van der Waals surface area (Å²) in [5.74, 6) is 0.556. The second-order valence-corrected chi connectivity index (χ2v) is 6.85. The van der Waals surface area contributed by atoms with Crippen molar-refractivity contribution in [1.82, 2.24) is 4.72 Å². The molecule has 1 atom stereocenters. The van der Waals surface area contributed by atoms with Crippen molar-refractivity contribution >= 4 is 15.9 Å². The molecule has 3 N–H and O–H groups in total. The van der Waals surface area contributed by atoms with Crippen LogP contribution in [0.15, 0.2) is 39.6 Å². The van der Waals surface area contributed by atoms with Crippen LogP contribution in [0, 0.1) is 13.8 Å². The number of aryl methyl sites for hydroxylation is 2. The van der Waals surface area contributed by atoms with Gasteiger partial charge in [-0.25, -0.2) is 13.1 Å². The fourth-order valence-corrected chi connectivity index (χ4v) is 3.32. The highest BCUT2D eigenvalue weighted by Crippen LogP contribution is 2.20. The molecule has 0 unspecified atom stereocenters. The van der Waals surface area contributed by atoms with Crippen LogP contribution in [0.3, 0.4) is 0 Å². The van der Waals surface area contributed by atoms with Gasteiger partial charge in [-0.05, 0) is 50.6 Å². The third-order valence-corrected chi connectivity index (χ3v) is 4.84. The second-order valence-electron chi connectivity index (χ2n) is 5.13. The molecule has 0 aliphatic heterocycles. The largest absolute Gasteiger partial charge is 0.465 e. The molecule has 7 heteroatoms. The van der Waals surface area contributed by atoms with Crippen molar-refractivity contribution in [2.24, 2.45) is 5.73 Å². The van der Waals surface area contributed by atoms with E-state index in [1.54, 1.807) is 39.0 Å². The van der Waals surface area contributed by atoms with Crippen LogP contribution in [0.4, 0.5) is 0 Å². The van der Waals surface area contributed by atoms with Crippen molar-refractivity contribution in [3.05, 3.63) is 53.0 Å². The highest BCUT2D eigenvalue weighted by molar-refractivity contribution is 7.89. The molecule has 0 fully saturated rings. The van der Waals surface area contributed by atoms with Gasteiger partial charge >= 0.3 is 0 Å². The van der Waals surface area contributed by atoms with Crippen molar-refractivity contribution in [3.63, 3.8) is 0 Å². The van der Waals surface area contributed by atoms with Gasteiger partial charge in [-0.2, -0.15) is 0 Å². The number of benzene rings is 1. The number of carbonyl (C=O) groups is 1. The number of hydrogen-bond donors (Lipinski definition) is 2. The lowest BCUT2D eigenvalue weighted by molar-refractivity contribution is 0.0999. The van der Waals surface area contributed by atoms with Gasteiger partial charge in [-0.15, -0.1) is 0 Å². The van der Waals surface area contributed by atoms with Crippen LogP contribution in [0.2, 0.25) is 0 Å². The Labute approximate surface area is 129 Å². The van der Waals surface area contributed by atoms with Crippen molar-refractivity contribution < 1.29 is 17.6 Å². The minimum absolute atomic E-state index is 0.0120. The summed E-state index contributed by atoms with van der Waals surface area (Å²) in [6.45, 7) is 5.15. The molecule has 0 aliphatic rings. The molecule has 22 heavy (non-hydrogen) atoms. The fourth-order valence-electron chi connectivity index (χ4n) is 2.08. The molecule has 0 saturated carbocycles. The quantitative estimate of drug-likeness (QED) is 0.879. The van der Waals surface area contributed by atoms with Gasteiger partial charge in [0.05, 0.1) is 10.9 Å². The maximum absolute atomic E-state index is 12.4. The maximum Gasteiger partial charge on any atom is 0.249 e. The Morgan fingerprint density at radius 3 is 2.45 bits per heavy atom. The monoisotopic (exact) mass is 322 g/mol. The van der Waals surface area contributed by atoms with Gasteiger partial charge in [0.2, 0.25) is 15.9 Å². The van der Waals surface area contributed by atoms with E-state index in [9.17, 15) is 13.2 Å². The van der Waals surface area contributed by atoms with Crippen LogP contribution in [-0.2, 0) is 10.0 Å². The van der Waals surface area contributed by atoms with Gasteiger partial charge in [0, 0.05) is 5.56 Å². The molecule has 1 heterocycles. The first-order valence-corrected chi connectivity index (χ1v) is 8.18. The van der Waals surface area contributed by atoms with E-state index in [2.05, 4.69) is 4.72 Å². The number of furan rings is 1. The summed E-state index contributed by atoms with van der Waals surface area (Å²) in [5.41, 5.74) is 6.06. The third-order valence-electron chi connectivity index (χ3n) is 3.30. The predicted octanol–water partition coefficient (Wildman–Crippen LogP) is 2.03. The maximum atomic E-state index is 12.4. The Kier molecular flexibility index (Phi) is 4.39. The van der Waals surface area contributed by atoms with Crippen LogP contribution >= 0.6 is 0 Å². The summed E-state index contributed by atoms with van der Waals surface area (Å²) in [7, 11) is -3.79. The molecule has 0 bridgehead atoms. The van der Waals surface area contributed by atoms with Gasteiger partial charge < -0.3 is 10.2 Å². The van der Waals surface area contributed by atoms with E-state index in [-0.39, 0.29) is 10.5 Å². The van der Waals surface area contributed by atoms with E-state index < -0.39 is 22.0 Å². The number of carbonyl (C=O) groups excluding carboxylic acids is 1. The standard InChI is InChI=1S/C15H18N2O4S/c1-9-4-6-12(8-13(9)15(16)18)22(19,20)17-11(3)14-7-5-10(2)21-14/h4-8,11,17H,1-3H3,(H2,16,18)/t11-/m1/s1. The van der Waals surface area contributed by atoms with Crippen LogP contribution in [-0.4, -0.2) is 14.3 Å². The molecule has 6 nitrogen and oxygen atoms in total. The Balaban J connectivity index is 2.31. The lowest BCUT2D eigenvalue weighted by Crippen LogP contribution is -2.27. The first-order valence-electron chi connectivity index (χ1n) is 6.70. The first-order chi connectivity index (χ1) is 10.2. The zero-order valence-corrected chi connectivity index (χ0v) is 13.4. The first kappa shape index (κ1) is 16.3. The molecule has 1 amide bonds. The predicted molar refractivity (Wildman–Crippen MR) is 81.9 cm³/mol. The Bertz CT molecular complexity index is 809. The van der Waals surface area contributed by atoms with Gasteiger partial charge in [0.1, 0.15) is 11.5 Å². The number of nitrogens with two attached hydrogens (primary N) is 1. The number of sulfonamides is 1. The molecular formula is C15H18N2O4S. The van der Waals surface area contributed by atoms with Crippen molar-refractivity contribution in [1.29, 1.82) is 0 Å². The summed E-state index contributed by atoms with van der Waals surface area (Å²) >= 11 is 0. The molecular weight excluding hydrogens is 304 g/mol.